The Labute approximate surface area is 136 Å². The van der Waals surface area contributed by atoms with Gasteiger partial charge >= 0.3 is 11.7 Å². The number of hydrogen-bond acceptors (Lipinski definition) is 7. The molecule has 0 fully saturated rings. The molecule has 0 aliphatic rings. The molecule has 8 nitrogen and oxygen atoms in total. The van der Waals surface area contributed by atoms with Crippen LogP contribution >= 0.6 is 11.8 Å². The number of ether oxygens (including phenoxy) is 1. The number of esters is 1. The first kappa shape index (κ1) is 17.2. The van der Waals surface area contributed by atoms with Gasteiger partial charge in [-0.05, 0) is 20.8 Å². The molecule has 0 saturated carbocycles. The number of aryl methyl sites for hydroxylation is 2. The molecule has 0 unspecified atom stereocenters. The van der Waals surface area contributed by atoms with Crippen LogP contribution in [0.4, 0.5) is 0 Å². The van der Waals surface area contributed by atoms with E-state index in [9.17, 15) is 14.4 Å². The van der Waals surface area contributed by atoms with Gasteiger partial charge in [0.05, 0.1) is 6.61 Å². The summed E-state index contributed by atoms with van der Waals surface area (Å²) >= 11 is 1.12. The average molecular weight is 338 g/mol. The van der Waals surface area contributed by atoms with Gasteiger partial charge < -0.3 is 4.74 Å². The largest absolute Gasteiger partial charge is 0.465 e. The topological polar surface area (TPSA) is 96.1 Å². The number of carbonyl (C=O) groups is 1. The second-order valence-electron chi connectivity index (χ2n) is 4.99. The van der Waals surface area contributed by atoms with Crippen LogP contribution in [0.3, 0.4) is 0 Å². The molecule has 0 spiro atoms. The lowest BCUT2D eigenvalue weighted by Crippen LogP contribution is -2.38. The lowest BCUT2D eigenvalue weighted by Gasteiger charge is -2.13. The number of thioether (sulfide) groups is 1. The number of carbonyl (C=O) groups excluding carboxylic acids is 1. The Morgan fingerprint density at radius 2 is 1.91 bits per heavy atom. The molecule has 0 N–H and O–H groups in total. The van der Waals surface area contributed by atoms with Gasteiger partial charge in [0.15, 0.2) is 5.65 Å². The highest BCUT2D eigenvalue weighted by Crippen LogP contribution is 2.26. The third-order valence-corrected chi connectivity index (χ3v) is 4.35. The number of nitrogens with zero attached hydrogens (tertiary/aromatic N) is 4. The van der Waals surface area contributed by atoms with Gasteiger partial charge in [-0.1, -0.05) is 11.8 Å². The summed E-state index contributed by atoms with van der Waals surface area (Å²) in [7, 11) is 2.94. The minimum atomic E-state index is -0.533. The minimum absolute atomic E-state index is 0.223. The minimum Gasteiger partial charge on any atom is -0.465 e. The Kier molecular flexibility index (Phi) is 4.88. The van der Waals surface area contributed by atoms with Crippen molar-refractivity contribution in [3.8, 4) is 0 Å². The lowest BCUT2D eigenvalue weighted by atomic mass is 10.4. The number of hydrogen-bond donors (Lipinski definition) is 0. The summed E-state index contributed by atoms with van der Waals surface area (Å²) < 4.78 is 7.27. The van der Waals surface area contributed by atoms with E-state index >= 15 is 0 Å². The maximum Gasteiger partial charge on any atom is 0.332 e. The highest BCUT2D eigenvalue weighted by atomic mass is 32.2. The number of fused-ring (bicyclic) bond motifs is 1. The van der Waals surface area contributed by atoms with E-state index in [2.05, 4.69) is 9.97 Å². The quantitative estimate of drug-likeness (QED) is 0.452. The summed E-state index contributed by atoms with van der Waals surface area (Å²) in [5.41, 5.74) is -0.694. The van der Waals surface area contributed by atoms with Crippen LogP contribution in [0.15, 0.2) is 14.6 Å². The molecule has 0 aromatic carbocycles. The summed E-state index contributed by atoms with van der Waals surface area (Å²) in [5.74, 6) is 0.0304. The molecular weight excluding hydrogens is 320 g/mol. The maximum atomic E-state index is 12.5. The zero-order chi connectivity index (χ0) is 17.3. The van der Waals surface area contributed by atoms with Crippen LogP contribution in [0, 0.1) is 6.92 Å². The molecule has 23 heavy (non-hydrogen) atoms. The van der Waals surface area contributed by atoms with Crippen LogP contribution in [0.5, 0.6) is 0 Å². The first-order valence-corrected chi connectivity index (χ1v) is 7.93. The normalized spacial score (nSPS) is 12.4. The molecule has 1 atom stereocenters. The van der Waals surface area contributed by atoms with Gasteiger partial charge in [-0.15, -0.1) is 0 Å². The molecule has 2 aromatic heterocycles. The van der Waals surface area contributed by atoms with Crippen molar-refractivity contribution >= 4 is 28.8 Å². The van der Waals surface area contributed by atoms with Crippen molar-refractivity contribution < 1.29 is 9.53 Å². The van der Waals surface area contributed by atoms with E-state index in [4.69, 9.17) is 4.74 Å². The van der Waals surface area contributed by atoms with Gasteiger partial charge in [-0.2, -0.15) is 0 Å². The predicted octanol–water partition coefficient (Wildman–Crippen LogP) is 0.379. The molecule has 2 rings (SSSR count). The highest BCUT2D eigenvalue weighted by Gasteiger charge is 2.22. The van der Waals surface area contributed by atoms with E-state index in [-0.39, 0.29) is 23.6 Å². The third-order valence-electron chi connectivity index (χ3n) is 3.29. The lowest BCUT2D eigenvalue weighted by molar-refractivity contribution is -0.142. The van der Waals surface area contributed by atoms with Crippen molar-refractivity contribution in [1.29, 1.82) is 0 Å². The Morgan fingerprint density at radius 3 is 2.52 bits per heavy atom. The standard InChI is InChI=1S/C14H18N4O4S/c1-6-22-13(20)7(2)23-11-9-10(15-8(3)16-11)17(4)14(21)18(5)12(9)19/h7H,6H2,1-5H3/t7-/m0/s1. The van der Waals surface area contributed by atoms with Gasteiger partial charge in [0, 0.05) is 14.1 Å². The molecular formula is C14H18N4O4S. The van der Waals surface area contributed by atoms with E-state index in [1.807, 2.05) is 0 Å². The second kappa shape index (κ2) is 6.53. The van der Waals surface area contributed by atoms with Gasteiger partial charge in [-0.25, -0.2) is 14.8 Å². The maximum absolute atomic E-state index is 12.5. The van der Waals surface area contributed by atoms with Crippen LogP contribution in [0.25, 0.3) is 11.0 Å². The molecule has 9 heteroatoms. The van der Waals surface area contributed by atoms with Crippen LogP contribution in [0.2, 0.25) is 0 Å². The Hall–Kier alpha value is -2.16. The molecule has 2 aromatic rings. The predicted molar refractivity (Wildman–Crippen MR) is 86.7 cm³/mol. The number of rotatable bonds is 4. The third kappa shape index (κ3) is 3.14. The molecule has 0 saturated heterocycles. The zero-order valence-corrected chi connectivity index (χ0v) is 14.4. The Bertz CT molecular complexity index is 887. The van der Waals surface area contributed by atoms with Crippen LogP contribution in [0.1, 0.15) is 19.7 Å². The first-order valence-electron chi connectivity index (χ1n) is 7.05. The van der Waals surface area contributed by atoms with Crippen molar-refractivity contribution in [2.45, 2.75) is 31.0 Å². The van der Waals surface area contributed by atoms with E-state index in [1.165, 1.54) is 11.6 Å². The summed E-state index contributed by atoms with van der Waals surface area (Å²) in [5, 5.41) is 0.0555. The van der Waals surface area contributed by atoms with E-state index in [0.717, 1.165) is 16.3 Å². The van der Waals surface area contributed by atoms with Crippen molar-refractivity contribution in [3.63, 3.8) is 0 Å². The van der Waals surface area contributed by atoms with Crippen LogP contribution in [-0.2, 0) is 23.6 Å². The van der Waals surface area contributed by atoms with Crippen LogP contribution in [-0.4, -0.2) is 36.9 Å². The molecule has 2 heterocycles. The molecule has 124 valence electrons. The summed E-state index contributed by atoms with van der Waals surface area (Å²) in [6, 6.07) is 0. The molecule has 0 bridgehead atoms. The number of aromatic nitrogens is 4. The Morgan fingerprint density at radius 1 is 1.26 bits per heavy atom. The van der Waals surface area contributed by atoms with E-state index in [1.54, 1.807) is 27.8 Å². The van der Waals surface area contributed by atoms with E-state index in [0.29, 0.717) is 10.9 Å². The van der Waals surface area contributed by atoms with Gasteiger partial charge in [-0.3, -0.25) is 18.7 Å². The van der Waals surface area contributed by atoms with Gasteiger partial charge in [0.25, 0.3) is 5.56 Å². The Balaban J connectivity index is 2.67. The molecule has 0 aliphatic heterocycles. The summed E-state index contributed by atoms with van der Waals surface area (Å²) in [6.07, 6.45) is 0. The average Bonchev–Trinajstić information content (AvgIpc) is 2.50. The highest BCUT2D eigenvalue weighted by molar-refractivity contribution is 8.00. The molecule has 0 amide bonds. The fourth-order valence-corrected chi connectivity index (χ4v) is 3.07. The van der Waals surface area contributed by atoms with E-state index < -0.39 is 16.5 Å². The monoisotopic (exact) mass is 338 g/mol. The fraction of sp³-hybridized carbons (Fsp3) is 0.500. The van der Waals surface area contributed by atoms with Gasteiger partial charge in [0.1, 0.15) is 21.5 Å². The van der Waals surface area contributed by atoms with Crippen molar-refractivity contribution in [1.82, 2.24) is 19.1 Å². The van der Waals surface area contributed by atoms with Crippen molar-refractivity contribution in [2.75, 3.05) is 6.61 Å². The zero-order valence-electron chi connectivity index (χ0n) is 13.6. The van der Waals surface area contributed by atoms with Crippen molar-refractivity contribution in [2.24, 2.45) is 14.1 Å². The van der Waals surface area contributed by atoms with Gasteiger partial charge in [0.2, 0.25) is 0 Å². The fourth-order valence-electron chi connectivity index (χ4n) is 2.09. The first-order chi connectivity index (χ1) is 10.8. The summed E-state index contributed by atoms with van der Waals surface area (Å²) in [4.78, 5) is 44.8. The summed E-state index contributed by atoms with van der Waals surface area (Å²) in [6.45, 7) is 5.35. The molecule has 0 aliphatic carbocycles. The molecule has 0 radical (unpaired) electrons. The van der Waals surface area contributed by atoms with Crippen molar-refractivity contribution in [3.05, 3.63) is 26.7 Å². The van der Waals surface area contributed by atoms with Crippen LogP contribution < -0.4 is 11.2 Å². The second-order valence-corrected chi connectivity index (χ2v) is 6.32. The SMILES string of the molecule is CCOC(=O)[C@H](C)Sc1nc(C)nc2c1c(=O)n(C)c(=O)n2C. The smallest absolute Gasteiger partial charge is 0.332 e.